The number of hydrogen-bond acceptors (Lipinski definition) is 7. The molecular formula is C22H20N4O3S. The van der Waals surface area contributed by atoms with E-state index in [9.17, 15) is 20.2 Å². The summed E-state index contributed by atoms with van der Waals surface area (Å²) >= 11 is 1.50. The maximum Gasteiger partial charge on any atom is 0.269 e. The number of hydrogen-bond donors (Lipinski definition) is 1. The number of nitro benzene ring substituents is 1. The lowest BCUT2D eigenvalue weighted by molar-refractivity contribution is -0.384. The number of anilines is 1. The highest BCUT2D eigenvalue weighted by atomic mass is 32.1. The van der Waals surface area contributed by atoms with Gasteiger partial charge in [0.15, 0.2) is 5.78 Å². The van der Waals surface area contributed by atoms with Gasteiger partial charge in [-0.25, -0.2) is 0 Å². The first kappa shape index (κ1) is 19.9. The van der Waals surface area contributed by atoms with E-state index in [1.165, 1.54) is 23.5 Å². The van der Waals surface area contributed by atoms with E-state index in [0.29, 0.717) is 29.7 Å². The van der Waals surface area contributed by atoms with Gasteiger partial charge in [0.05, 0.1) is 22.5 Å². The number of allylic oxidation sites excluding steroid dienone is 3. The van der Waals surface area contributed by atoms with Crippen LogP contribution in [0.15, 0.2) is 63.8 Å². The van der Waals surface area contributed by atoms with Gasteiger partial charge in [-0.05, 0) is 46.4 Å². The van der Waals surface area contributed by atoms with Crippen molar-refractivity contribution in [2.45, 2.75) is 32.6 Å². The molecule has 2 aliphatic rings. The normalized spacial score (nSPS) is 20.8. The van der Waals surface area contributed by atoms with Crippen molar-refractivity contribution in [3.63, 3.8) is 0 Å². The van der Waals surface area contributed by atoms with E-state index in [1.807, 2.05) is 30.7 Å². The Hall–Kier alpha value is -3.44. The molecule has 0 bridgehead atoms. The summed E-state index contributed by atoms with van der Waals surface area (Å²) in [6.45, 7) is 4.06. The van der Waals surface area contributed by atoms with Crippen LogP contribution in [-0.4, -0.2) is 10.7 Å². The Balaban J connectivity index is 1.95. The lowest BCUT2D eigenvalue weighted by atomic mass is 9.69. The highest BCUT2D eigenvalue weighted by Crippen LogP contribution is 2.50. The Bertz CT molecular complexity index is 1140. The van der Waals surface area contributed by atoms with Gasteiger partial charge in [0, 0.05) is 35.5 Å². The second-order valence-corrected chi connectivity index (χ2v) is 9.09. The molecule has 1 aliphatic carbocycles. The van der Waals surface area contributed by atoms with Crippen molar-refractivity contribution in [3.8, 4) is 6.07 Å². The summed E-state index contributed by atoms with van der Waals surface area (Å²) in [4.78, 5) is 25.6. The highest BCUT2D eigenvalue weighted by molar-refractivity contribution is 7.08. The quantitative estimate of drug-likeness (QED) is 0.573. The van der Waals surface area contributed by atoms with Crippen LogP contribution in [0.4, 0.5) is 11.4 Å². The molecule has 152 valence electrons. The number of rotatable bonds is 3. The van der Waals surface area contributed by atoms with Crippen molar-refractivity contribution in [2.24, 2.45) is 11.1 Å². The van der Waals surface area contributed by atoms with E-state index in [4.69, 9.17) is 5.73 Å². The van der Waals surface area contributed by atoms with E-state index in [1.54, 1.807) is 17.0 Å². The Kier molecular flexibility index (Phi) is 4.71. The van der Waals surface area contributed by atoms with Crippen molar-refractivity contribution >= 4 is 28.5 Å². The minimum Gasteiger partial charge on any atom is -0.384 e. The zero-order valence-electron chi connectivity index (χ0n) is 16.6. The van der Waals surface area contributed by atoms with Crippen molar-refractivity contribution in [3.05, 3.63) is 79.4 Å². The molecule has 2 aromatic rings. The Morgan fingerprint density at radius 1 is 1.27 bits per heavy atom. The van der Waals surface area contributed by atoms with Crippen LogP contribution in [-0.2, 0) is 4.79 Å². The zero-order chi connectivity index (χ0) is 21.6. The maximum atomic E-state index is 13.3. The molecule has 1 atom stereocenters. The van der Waals surface area contributed by atoms with Crippen LogP contribution in [0, 0.1) is 26.9 Å². The fourth-order valence-electron chi connectivity index (χ4n) is 4.30. The SMILES string of the molecule is CC1(C)CC(=O)C2=C(C1)N(c1ccc([N+](=O)[O-])cc1)C(N)=C(C#N)[C@H]2c1ccsc1. The molecule has 0 radical (unpaired) electrons. The standard InChI is InChI=1S/C22H20N4O3S/c1-22(2)9-17-20(18(27)10-22)19(13-7-8-30-12-13)16(11-23)21(24)25(17)14-3-5-15(6-4-14)26(28)29/h3-8,12,19H,9-10,24H2,1-2H3/t19-/m1/s1. The minimum absolute atomic E-state index is 0.00427. The number of thiophene rings is 1. The molecule has 0 spiro atoms. The molecule has 8 heteroatoms. The molecule has 30 heavy (non-hydrogen) atoms. The third kappa shape index (κ3) is 3.17. The molecule has 1 aliphatic heterocycles. The van der Waals surface area contributed by atoms with E-state index in [2.05, 4.69) is 6.07 Å². The topological polar surface area (TPSA) is 113 Å². The van der Waals surface area contributed by atoms with Gasteiger partial charge in [0.2, 0.25) is 0 Å². The Labute approximate surface area is 177 Å². The number of Topliss-reactive ketones (excluding diaryl/α,β-unsaturated/α-hetero) is 1. The first-order chi connectivity index (χ1) is 14.2. The molecule has 2 N–H and O–H groups in total. The third-order valence-corrected chi connectivity index (χ3v) is 6.28. The van der Waals surface area contributed by atoms with Crippen molar-refractivity contribution in [2.75, 3.05) is 4.90 Å². The van der Waals surface area contributed by atoms with Gasteiger partial charge in [-0.3, -0.25) is 19.8 Å². The number of non-ortho nitro benzene ring substituents is 1. The van der Waals surface area contributed by atoms with Crippen LogP contribution < -0.4 is 10.6 Å². The molecule has 0 saturated heterocycles. The monoisotopic (exact) mass is 420 g/mol. The first-order valence-corrected chi connectivity index (χ1v) is 10.4. The summed E-state index contributed by atoms with van der Waals surface area (Å²) < 4.78 is 0. The van der Waals surface area contributed by atoms with Gasteiger partial charge in [0.25, 0.3) is 5.69 Å². The molecule has 0 saturated carbocycles. The van der Waals surface area contributed by atoms with Crippen molar-refractivity contribution in [1.82, 2.24) is 0 Å². The largest absolute Gasteiger partial charge is 0.384 e. The van der Waals surface area contributed by atoms with E-state index >= 15 is 0 Å². The average molecular weight is 420 g/mol. The number of carbonyl (C=O) groups excluding carboxylic acids is 1. The van der Waals surface area contributed by atoms with Gasteiger partial charge in [-0.15, -0.1) is 0 Å². The number of benzene rings is 1. The number of nitriles is 1. The molecule has 0 amide bonds. The van der Waals surface area contributed by atoms with Gasteiger partial charge >= 0.3 is 0 Å². The second-order valence-electron chi connectivity index (χ2n) is 8.31. The number of nitro groups is 1. The Morgan fingerprint density at radius 3 is 2.53 bits per heavy atom. The molecule has 4 rings (SSSR count). The summed E-state index contributed by atoms with van der Waals surface area (Å²) in [7, 11) is 0. The zero-order valence-corrected chi connectivity index (χ0v) is 17.4. The number of ketones is 1. The molecule has 1 aromatic heterocycles. The molecular weight excluding hydrogens is 400 g/mol. The smallest absolute Gasteiger partial charge is 0.269 e. The second kappa shape index (κ2) is 7.11. The predicted molar refractivity (Wildman–Crippen MR) is 115 cm³/mol. The van der Waals surface area contributed by atoms with Crippen molar-refractivity contribution in [1.29, 1.82) is 5.26 Å². The Morgan fingerprint density at radius 2 is 1.97 bits per heavy atom. The average Bonchev–Trinajstić information content (AvgIpc) is 3.20. The summed E-state index contributed by atoms with van der Waals surface area (Å²) in [5.74, 6) is -0.231. The fraction of sp³-hybridized carbons (Fsp3) is 0.273. The minimum atomic E-state index is -0.492. The summed E-state index contributed by atoms with van der Waals surface area (Å²) in [5.41, 5.74) is 9.35. The van der Waals surface area contributed by atoms with E-state index in [-0.39, 0.29) is 22.7 Å². The summed E-state index contributed by atoms with van der Waals surface area (Å²) in [5, 5.41) is 24.9. The lowest BCUT2D eigenvalue weighted by Gasteiger charge is -2.43. The maximum absolute atomic E-state index is 13.3. The van der Waals surface area contributed by atoms with Crippen LogP contribution >= 0.6 is 11.3 Å². The number of nitrogens with zero attached hydrogens (tertiary/aromatic N) is 3. The number of carbonyl (C=O) groups is 1. The summed E-state index contributed by atoms with van der Waals surface area (Å²) in [6.07, 6.45) is 0.990. The van der Waals surface area contributed by atoms with Crippen LogP contribution in [0.5, 0.6) is 0 Å². The molecule has 1 aromatic carbocycles. The summed E-state index contributed by atoms with van der Waals surface area (Å²) in [6, 6.07) is 10.1. The molecule has 0 unspecified atom stereocenters. The molecule has 7 nitrogen and oxygen atoms in total. The molecule has 2 heterocycles. The predicted octanol–water partition coefficient (Wildman–Crippen LogP) is 4.60. The van der Waals surface area contributed by atoms with E-state index in [0.717, 1.165) is 11.3 Å². The van der Waals surface area contributed by atoms with Crippen LogP contribution in [0.3, 0.4) is 0 Å². The van der Waals surface area contributed by atoms with Crippen LogP contribution in [0.1, 0.15) is 38.2 Å². The van der Waals surface area contributed by atoms with Gasteiger partial charge in [-0.2, -0.15) is 16.6 Å². The third-order valence-electron chi connectivity index (χ3n) is 5.58. The van der Waals surface area contributed by atoms with Gasteiger partial charge < -0.3 is 5.73 Å². The van der Waals surface area contributed by atoms with Crippen LogP contribution in [0.25, 0.3) is 0 Å². The fourth-order valence-corrected chi connectivity index (χ4v) is 4.99. The van der Waals surface area contributed by atoms with Gasteiger partial charge in [-0.1, -0.05) is 13.8 Å². The van der Waals surface area contributed by atoms with Crippen LogP contribution in [0.2, 0.25) is 0 Å². The van der Waals surface area contributed by atoms with Gasteiger partial charge in [0.1, 0.15) is 5.82 Å². The van der Waals surface area contributed by atoms with E-state index < -0.39 is 10.8 Å². The van der Waals surface area contributed by atoms with Crippen molar-refractivity contribution < 1.29 is 9.72 Å². The lowest BCUT2D eigenvalue weighted by Crippen LogP contribution is -2.42. The first-order valence-electron chi connectivity index (χ1n) is 9.46. The molecule has 0 fully saturated rings. The number of nitrogens with two attached hydrogens (primary N) is 1. The highest BCUT2D eigenvalue weighted by Gasteiger charge is 2.44.